The van der Waals surface area contributed by atoms with E-state index in [2.05, 4.69) is 19.2 Å². The molecule has 1 amide bonds. The van der Waals surface area contributed by atoms with Crippen LogP contribution in [0.5, 0.6) is 5.75 Å². The van der Waals surface area contributed by atoms with Gasteiger partial charge in [0.25, 0.3) is 5.91 Å². The quantitative estimate of drug-likeness (QED) is 0.763. The minimum absolute atomic E-state index is 0.117. The third-order valence-corrected chi connectivity index (χ3v) is 2.37. The molecule has 0 radical (unpaired) electrons. The number of anilines is 1. The number of amides is 1. The van der Waals surface area contributed by atoms with E-state index in [0.29, 0.717) is 18.2 Å². The van der Waals surface area contributed by atoms with Crippen molar-refractivity contribution in [1.29, 1.82) is 0 Å². The highest BCUT2D eigenvalue weighted by atomic mass is 19.1. The van der Waals surface area contributed by atoms with Gasteiger partial charge in [-0.25, -0.2) is 4.39 Å². The van der Waals surface area contributed by atoms with Crippen molar-refractivity contribution in [3.8, 4) is 5.75 Å². The average Bonchev–Trinajstić information content (AvgIpc) is 2.27. The zero-order valence-electron chi connectivity index (χ0n) is 10.7. The van der Waals surface area contributed by atoms with Gasteiger partial charge in [0.1, 0.15) is 11.6 Å². The van der Waals surface area contributed by atoms with Gasteiger partial charge < -0.3 is 15.8 Å². The number of rotatable bonds is 6. The summed E-state index contributed by atoms with van der Waals surface area (Å²) in [5, 5.41) is 2.74. The van der Waals surface area contributed by atoms with Crippen LogP contribution < -0.4 is 15.8 Å². The number of benzene rings is 1. The Morgan fingerprint density at radius 2 is 2.22 bits per heavy atom. The standard InChI is InChI=1S/C13H19FN2O2/c1-9(2)5-6-16-13(17)8-18-12-4-3-10(14)7-11(12)15/h3-4,7,9H,5-6,8,15H2,1-2H3,(H,16,17). The molecule has 0 unspecified atom stereocenters. The average molecular weight is 254 g/mol. The van der Waals surface area contributed by atoms with Gasteiger partial charge in [-0.15, -0.1) is 0 Å². The van der Waals surface area contributed by atoms with Crippen LogP contribution in [-0.2, 0) is 4.79 Å². The maximum Gasteiger partial charge on any atom is 0.257 e. The van der Waals surface area contributed by atoms with Crippen molar-refractivity contribution in [3.05, 3.63) is 24.0 Å². The van der Waals surface area contributed by atoms with Crippen molar-refractivity contribution in [2.24, 2.45) is 5.92 Å². The largest absolute Gasteiger partial charge is 0.482 e. The highest BCUT2D eigenvalue weighted by Crippen LogP contribution is 2.21. The predicted molar refractivity (Wildman–Crippen MR) is 68.8 cm³/mol. The van der Waals surface area contributed by atoms with Crippen LogP contribution >= 0.6 is 0 Å². The molecule has 0 aliphatic rings. The lowest BCUT2D eigenvalue weighted by Gasteiger charge is -2.10. The first-order chi connectivity index (χ1) is 8.49. The molecule has 0 aliphatic heterocycles. The number of ether oxygens (including phenoxy) is 1. The smallest absolute Gasteiger partial charge is 0.257 e. The second kappa shape index (κ2) is 6.83. The Morgan fingerprint density at radius 1 is 1.50 bits per heavy atom. The van der Waals surface area contributed by atoms with Crippen molar-refractivity contribution < 1.29 is 13.9 Å². The fraction of sp³-hybridized carbons (Fsp3) is 0.462. The van der Waals surface area contributed by atoms with Crippen LogP contribution in [-0.4, -0.2) is 19.1 Å². The molecule has 0 aliphatic carbocycles. The van der Waals surface area contributed by atoms with E-state index in [4.69, 9.17) is 10.5 Å². The van der Waals surface area contributed by atoms with E-state index in [9.17, 15) is 9.18 Å². The van der Waals surface area contributed by atoms with E-state index < -0.39 is 5.82 Å². The lowest BCUT2D eigenvalue weighted by molar-refractivity contribution is -0.123. The summed E-state index contributed by atoms with van der Waals surface area (Å²) in [6, 6.07) is 3.81. The summed E-state index contributed by atoms with van der Waals surface area (Å²) in [7, 11) is 0. The number of halogens is 1. The Hall–Kier alpha value is -1.78. The summed E-state index contributed by atoms with van der Waals surface area (Å²) >= 11 is 0. The molecule has 0 saturated carbocycles. The second-order valence-electron chi connectivity index (χ2n) is 4.50. The molecule has 1 aromatic rings. The molecule has 5 heteroatoms. The highest BCUT2D eigenvalue weighted by molar-refractivity contribution is 5.77. The van der Waals surface area contributed by atoms with Crippen molar-refractivity contribution >= 4 is 11.6 Å². The van der Waals surface area contributed by atoms with Crippen LogP contribution in [0.15, 0.2) is 18.2 Å². The van der Waals surface area contributed by atoms with Crippen LogP contribution in [0.4, 0.5) is 10.1 Å². The Labute approximate surface area is 106 Å². The lowest BCUT2D eigenvalue weighted by atomic mass is 10.1. The van der Waals surface area contributed by atoms with E-state index >= 15 is 0 Å². The van der Waals surface area contributed by atoms with Gasteiger partial charge in [0, 0.05) is 12.6 Å². The second-order valence-corrected chi connectivity index (χ2v) is 4.50. The molecule has 0 bridgehead atoms. The van der Waals surface area contributed by atoms with Crippen LogP contribution in [0.1, 0.15) is 20.3 Å². The van der Waals surface area contributed by atoms with E-state index in [0.717, 1.165) is 12.5 Å². The molecule has 0 spiro atoms. The van der Waals surface area contributed by atoms with Crippen LogP contribution in [0.25, 0.3) is 0 Å². The fourth-order valence-corrected chi connectivity index (χ4v) is 1.35. The maximum absolute atomic E-state index is 12.8. The maximum atomic E-state index is 12.8. The first-order valence-corrected chi connectivity index (χ1v) is 5.93. The fourth-order valence-electron chi connectivity index (χ4n) is 1.35. The Bertz CT molecular complexity index is 408. The van der Waals surface area contributed by atoms with E-state index in [1.807, 2.05) is 0 Å². The zero-order valence-corrected chi connectivity index (χ0v) is 10.7. The first kappa shape index (κ1) is 14.3. The molecule has 0 atom stereocenters. The van der Waals surface area contributed by atoms with Crippen molar-refractivity contribution in [1.82, 2.24) is 5.32 Å². The first-order valence-electron chi connectivity index (χ1n) is 5.93. The van der Waals surface area contributed by atoms with Gasteiger partial charge in [-0.3, -0.25) is 4.79 Å². The molecule has 100 valence electrons. The number of hydrogen-bond acceptors (Lipinski definition) is 3. The number of nitrogens with two attached hydrogens (primary N) is 1. The molecule has 0 heterocycles. The van der Waals surface area contributed by atoms with Crippen molar-refractivity contribution in [2.75, 3.05) is 18.9 Å². The summed E-state index contributed by atoms with van der Waals surface area (Å²) in [5.41, 5.74) is 5.74. The van der Waals surface area contributed by atoms with Gasteiger partial charge in [0.15, 0.2) is 6.61 Å². The molecule has 1 aromatic carbocycles. The van der Waals surface area contributed by atoms with Gasteiger partial charge in [-0.1, -0.05) is 13.8 Å². The van der Waals surface area contributed by atoms with Crippen LogP contribution in [0.3, 0.4) is 0 Å². The minimum Gasteiger partial charge on any atom is -0.482 e. The molecular weight excluding hydrogens is 235 g/mol. The summed E-state index contributed by atoms with van der Waals surface area (Å²) in [6.45, 7) is 4.68. The van der Waals surface area contributed by atoms with Gasteiger partial charge in [0.2, 0.25) is 0 Å². The van der Waals surface area contributed by atoms with E-state index in [-0.39, 0.29) is 18.2 Å². The molecule has 18 heavy (non-hydrogen) atoms. The predicted octanol–water partition coefficient (Wildman–Crippen LogP) is 1.95. The van der Waals surface area contributed by atoms with Gasteiger partial charge in [-0.05, 0) is 24.5 Å². The van der Waals surface area contributed by atoms with Gasteiger partial charge in [-0.2, -0.15) is 0 Å². The monoisotopic (exact) mass is 254 g/mol. The Morgan fingerprint density at radius 3 is 2.83 bits per heavy atom. The third kappa shape index (κ3) is 5.03. The number of nitrogen functional groups attached to an aromatic ring is 1. The summed E-state index contributed by atoms with van der Waals surface area (Å²) in [6.07, 6.45) is 0.921. The zero-order chi connectivity index (χ0) is 13.5. The summed E-state index contributed by atoms with van der Waals surface area (Å²) in [5.74, 6) is 0.218. The van der Waals surface area contributed by atoms with Gasteiger partial charge in [0.05, 0.1) is 5.69 Å². The SMILES string of the molecule is CC(C)CCNC(=O)COc1ccc(F)cc1N. The number of nitrogens with one attached hydrogen (secondary N) is 1. The molecular formula is C13H19FN2O2. The van der Waals surface area contributed by atoms with Crippen LogP contribution in [0, 0.1) is 11.7 Å². The molecule has 1 rings (SSSR count). The molecule has 0 fully saturated rings. The molecule has 0 saturated heterocycles. The highest BCUT2D eigenvalue weighted by Gasteiger charge is 2.06. The van der Waals surface area contributed by atoms with E-state index in [1.54, 1.807) is 0 Å². The number of carbonyl (C=O) groups is 1. The van der Waals surface area contributed by atoms with Crippen molar-refractivity contribution in [2.45, 2.75) is 20.3 Å². The van der Waals surface area contributed by atoms with Crippen LogP contribution in [0.2, 0.25) is 0 Å². The molecule has 0 aromatic heterocycles. The molecule has 3 N–H and O–H groups in total. The minimum atomic E-state index is -0.429. The topological polar surface area (TPSA) is 64.3 Å². The summed E-state index contributed by atoms with van der Waals surface area (Å²) in [4.78, 5) is 11.4. The Balaban J connectivity index is 2.33. The number of hydrogen-bond donors (Lipinski definition) is 2. The third-order valence-electron chi connectivity index (χ3n) is 2.37. The normalized spacial score (nSPS) is 10.4. The van der Waals surface area contributed by atoms with E-state index in [1.165, 1.54) is 12.1 Å². The summed E-state index contributed by atoms with van der Waals surface area (Å²) < 4.78 is 18.0. The van der Waals surface area contributed by atoms with Gasteiger partial charge >= 0.3 is 0 Å². The van der Waals surface area contributed by atoms with Crippen molar-refractivity contribution in [3.63, 3.8) is 0 Å². The number of carbonyl (C=O) groups excluding carboxylic acids is 1. The molecule has 4 nitrogen and oxygen atoms in total. The lowest BCUT2D eigenvalue weighted by Crippen LogP contribution is -2.30. The Kier molecular flexibility index (Phi) is 5.42.